The number of anilines is 2. The molecule has 2 aliphatic rings. The number of ether oxygens (including phenoxy) is 8. The summed E-state index contributed by atoms with van der Waals surface area (Å²) in [7, 11) is 4.58. The van der Waals surface area contributed by atoms with Crippen molar-refractivity contribution in [2.75, 3.05) is 45.2 Å². The molecule has 0 bridgehead atoms. The van der Waals surface area contributed by atoms with Gasteiger partial charge in [-0.05, 0) is 77.0 Å². The number of esters is 2. The molecule has 5 aromatic carbocycles. The zero-order valence-corrected chi connectivity index (χ0v) is 52.5. The van der Waals surface area contributed by atoms with E-state index >= 15 is 0 Å². The molecule has 9 atom stereocenters. The Labute approximate surface area is 531 Å². The Morgan fingerprint density at radius 3 is 1.67 bits per heavy atom. The van der Waals surface area contributed by atoms with E-state index in [0.717, 1.165) is 5.56 Å². The summed E-state index contributed by atoms with van der Waals surface area (Å²) in [6.07, 6.45) is -6.86. The molecule has 1 unspecified atom stereocenters. The Bertz CT molecular complexity index is 4150. The molecule has 0 radical (unpaired) electrons. The van der Waals surface area contributed by atoms with E-state index in [1.54, 1.807) is 103 Å². The summed E-state index contributed by atoms with van der Waals surface area (Å²) in [6.45, 7) is 0.891. The number of aromatic nitrogens is 8. The number of methoxy groups -OCH3 is 3. The highest BCUT2D eigenvalue weighted by Gasteiger charge is 2.54. The molecule has 4 N–H and O–H groups in total. The number of H-pyrrole nitrogens is 1. The molecule has 9 aromatic rings. The second-order valence-electron chi connectivity index (χ2n) is 22.0. The number of hydrogen-bond donors (Lipinski definition) is 4. The number of nitrogens with one attached hydrogen (secondary N) is 3. The second kappa shape index (κ2) is 27.8. The molecule has 92 heavy (non-hydrogen) atoms. The van der Waals surface area contributed by atoms with Gasteiger partial charge in [0.05, 0.1) is 51.9 Å². The number of amides is 2. The number of carbonyl (C=O) groups excluding carboxylic acids is 4. The minimum atomic E-state index is -4.62. The molecule has 0 saturated carbocycles. The monoisotopic (exact) mass is 1290 g/mol. The van der Waals surface area contributed by atoms with Gasteiger partial charge in [0, 0.05) is 18.2 Å². The molecule has 28 heteroatoms. The van der Waals surface area contributed by atoms with E-state index in [4.69, 9.17) is 58.7 Å². The van der Waals surface area contributed by atoms with Gasteiger partial charge < -0.3 is 52.6 Å². The number of aromatic amines is 1. The Kier molecular flexibility index (Phi) is 19.4. The molecular formula is C64H65N10O16PS. The highest BCUT2D eigenvalue weighted by molar-refractivity contribution is 8.07. The topological polar surface area (TPSA) is 312 Å². The number of carbonyl (C=O) groups is 4. The predicted octanol–water partition coefficient (Wildman–Crippen LogP) is 8.05. The van der Waals surface area contributed by atoms with Crippen LogP contribution in [0.1, 0.15) is 77.6 Å². The molecule has 478 valence electrons. The summed E-state index contributed by atoms with van der Waals surface area (Å²) in [5, 5.41) is 5.42. The quantitative estimate of drug-likeness (QED) is 0.0252. The van der Waals surface area contributed by atoms with Crippen molar-refractivity contribution in [3.05, 3.63) is 197 Å². The Morgan fingerprint density at radius 1 is 0.620 bits per heavy atom. The first kappa shape index (κ1) is 64.4. The van der Waals surface area contributed by atoms with Gasteiger partial charge in [0.15, 0.2) is 52.8 Å². The van der Waals surface area contributed by atoms with Gasteiger partial charge in [-0.25, -0.2) is 19.9 Å². The first-order chi connectivity index (χ1) is 44.4. The zero-order chi connectivity index (χ0) is 64.8. The molecule has 2 saturated heterocycles. The Morgan fingerprint density at radius 2 is 1.12 bits per heavy atom. The van der Waals surface area contributed by atoms with Gasteiger partial charge in [-0.3, -0.25) is 47.9 Å². The van der Waals surface area contributed by atoms with Crippen molar-refractivity contribution in [1.29, 1.82) is 0 Å². The number of nitrogens with zero attached hydrogens (tertiary/aromatic N) is 7. The number of imidazole rings is 2. The van der Waals surface area contributed by atoms with Gasteiger partial charge >= 0.3 is 18.7 Å². The molecule has 2 amide bonds. The number of hydrogen-bond acceptors (Lipinski definition) is 21. The highest BCUT2D eigenvalue weighted by atomic mass is 32.5. The van der Waals surface area contributed by atoms with Crippen LogP contribution in [-0.4, -0.2) is 139 Å². The third-order valence-corrected chi connectivity index (χ3v) is 17.0. The lowest BCUT2D eigenvalue weighted by Crippen LogP contribution is -2.42. The summed E-state index contributed by atoms with van der Waals surface area (Å²) in [5.74, 6) is -2.85. The van der Waals surface area contributed by atoms with Crippen molar-refractivity contribution in [3.63, 3.8) is 0 Å². The SMILES string of the molecule is COc1ccc(C(OC[C@H]2O[C@@H](n3cnc4c(NC(=O)c5ccccc5)ncnc43)[C@H](OP(O)(=S)OC[C@H]3O[C@@H](n4cnc5c(=O)[nH]c(NC(=O)c6ccccc6)nc54)[C@H](OC(=O)C(C)C)[C@@H]3OC(=O)C(C)C)[C@@H]2OC)(c2ccccc2)c2ccc(OC)cc2)cc1. The van der Waals surface area contributed by atoms with Crippen molar-refractivity contribution in [2.45, 2.75) is 82.4 Å². The van der Waals surface area contributed by atoms with Gasteiger partial charge in [-0.2, -0.15) is 4.98 Å². The maximum absolute atomic E-state index is 13.7. The lowest BCUT2D eigenvalue weighted by Gasteiger charge is -2.37. The first-order valence-corrected chi connectivity index (χ1v) is 31.8. The van der Waals surface area contributed by atoms with Crippen LogP contribution in [0.25, 0.3) is 22.3 Å². The van der Waals surface area contributed by atoms with Crippen LogP contribution >= 0.6 is 6.72 Å². The van der Waals surface area contributed by atoms with Crippen molar-refractivity contribution in [3.8, 4) is 11.5 Å². The van der Waals surface area contributed by atoms with E-state index in [1.165, 1.54) is 35.2 Å². The number of rotatable bonds is 24. The van der Waals surface area contributed by atoms with Gasteiger partial charge in [0.1, 0.15) is 47.8 Å². The van der Waals surface area contributed by atoms with Crippen LogP contribution in [0.15, 0.2) is 163 Å². The molecule has 0 aliphatic carbocycles. The van der Waals surface area contributed by atoms with Crippen LogP contribution in [0.4, 0.5) is 11.8 Å². The molecular weight excluding hydrogens is 1230 g/mol. The largest absolute Gasteiger partial charge is 0.497 e. The highest BCUT2D eigenvalue weighted by Crippen LogP contribution is 2.52. The molecule has 2 aliphatic heterocycles. The van der Waals surface area contributed by atoms with Gasteiger partial charge in [-0.15, -0.1) is 0 Å². The second-order valence-corrected chi connectivity index (χ2v) is 24.8. The zero-order valence-electron chi connectivity index (χ0n) is 50.8. The van der Waals surface area contributed by atoms with E-state index in [-0.39, 0.29) is 46.3 Å². The summed E-state index contributed by atoms with van der Waals surface area (Å²) in [4.78, 5) is 105. The lowest BCUT2D eigenvalue weighted by molar-refractivity contribution is -0.172. The minimum absolute atomic E-state index is 0.0741. The van der Waals surface area contributed by atoms with E-state index in [9.17, 15) is 28.9 Å². The Hall–Kier alpha value is -9.15. The van der Waals surface area contributed by atoms with Gasteiger partial charge in [0.2, 0.25) is 5.95 Å². The van der Waals surface area contributed by atoms with Crippen molar-refractivity contribution >= 4 is 76.4 Å². The maximum Gasteiger partial charge on any atom is 0.325 e. The number of benzene rings is 5. The number of fused-ring (bicyclic) bond motifs is 2. The molecule has 4 aromatic heterocycles. The minimum Gasteiger partial charge on any atom is -0.497 e. The van der Waals surface area contributed by atoms with Crippen LogP contribution in [0, 0.1) is 11.8 Å². The van der Waals surface area contributed by atoms with Crippen molar-refractivity contribution in [1.82, 2.24) is 39.0 Å². The fraction of sp³-hybridized carbons (Fsp3) is 0.312. The van der Waals surface area contributed by atoms with Crippen LogP contribution in [0.2, 0.25) is 0 Å². The average molecular weight is 1290 g/mol. The fourth-order valence-corrected chi connectivity index (χ4v) is 12.2. The Balaban J connectivity index is 0.948. The van der Waals surface area contributed by atoms with Gasteiger partial charge in [0.25, 0.3) is 17.4 Å². The molecule has 2 fully saturated rings. The third-order valence-electron chi connectivity index (χ3n) is 15.5. The summed E-state index contributed by atoms with van der Waals surface area (Å²) >= 11 is 5.89. The lowest BCUT2D eigenvalue weighted by atomic mass is 9.80. The molecule has 0 spiro atoms. The van der Waals surface area contributed by atoms with Crippen LogP contribution in [0.5, 0.6) is 11.5 Å². The third kappa shape index (κ3) is 13.4. The summed E-state index contributed by atoms with van der Waals surface area (Å²) in [5.41, 5.74) is 0.747. The van der Waals surface area contributed by atoms with Crippen LogP contribution in [0.3, 0.4) is 0 Å². The van der Waals surface area contributed by atoms with E-state index < -0.39 is 109 Å². The standard InChI is InChI=1S/C64H65N10O16PS/c1-36(2)61(78)88-50-46(87-59(51(50)89-62(79)37(3)4)74-35-68-48-55(74)70-63(72-58(48)77)71-57(76)39-19-13-9-14-20-39)32-85-91(80,92)90-52-49(83-7)45(86-60(52)73-34-67-47-53(65-33-66-54(47)73)69-56(75)38-17-11-8-12-18-38)31-84-64(40-21-15-10-16-22-40,41-23-27-43(81-5)28-24-41)42-25-29-44(82-6)30-26-42/h8-30,33-37,45-46,49-52,59-60H,31-32H2,1-7H3,(H,80,92)(H,65,66,69,75)(H2,70,71,72,76,77)/t45-,46-,49-,50-,51-,52-,59-,60-,91?/m1/s1. The molecule has 26 nitrogen and oxygen atoms in total. The smallest absolute Gasteiger partial charge is 0.325 e. The van der Waals surface area contributed by atoms with E-state index in [2.05, 4.69) is 40.5 Å². The van der Waals surface area contributed by atoms with Crippen molar-refractivity contribution < 1.29 is 71.0 Å². The first-order valence-electron chi connectivity index (χ1n) is 29.2. The average Bonchev–Trinajstić information content (AvgIpc) is 1.33. The fourth-order valence-electron chi connectivity index (χ4n) is 10.8. The van der Waals surface area contributed by atoms with Crippen molar-refractivity contribution in [2.24, 2.45) is 11.8 Å². The predicted molar refractivity (Wildman–Crippen MR) is 336 cm³/mol. The maximum atomic E-state index is 13.7. The molecule has 6 heterocycles. The van der Waals surface area contributed by atoms with Gasteiger partial charge in [-0.1, -0.05) is 119 Å². The van der Waals surface area contributed by atoms with Crippen LogP contribution < -0.4 is 25.7 Å². The van der Waals surface area contributed by atoms with Crippen LogP contribution in [-0.2, 0) is 64.5 Å². The summed E-state index contributed by atoms with van der Waals surface area (Å²) < 4.78 is 66.3. The normalized spacial score (nSPS) is 20.5. The van der Waals surface area contributed by atoms with E-state index in [1.807, 2.05) is 78.9 Å². The molecule has 11 rings (SSSR count). The summed E-state index contributed by atoms with van der Waals surface area (Å²) in [6, 6.07) is 41.3. The van der Waals surface area contributed by atoms with E-state index in [0.29, 0.717) is 28.2 Å².